The lowest BCUT2D eigenvalue weighted by Gasteiger charge is -2.47. The van der Waals surface area contributed by atoms with Crippen LogP contribution in [0.1, 0.15) is 0 Å². The monoisotopic (exact) mass is 462 g/mol. The van der Waals surface area contributed by atoms with Crippen LogP contribution in [-0.4, -0.2) is 114 Å². The lowest BCUT2D eigenvalue weighted by atomic mass is 9.55. The SMILES string of the molecule is O=C(O)CN(CC(=O)O)C(=O)C1C(C(=O)O)C(C(=O)O)C1C(=O)N(CC(=O)O)CC(=O)O. The Balaban J connectivity index is 3.47. The molecule has 4 unspecified atom stereocenters. The van der Waals surface area contributed by atoms with Crippen LogP contribution in [0, 0.1) is 23.7 Å². The minimum atomic E-state index is -2.09. The van der Waals surface area contributed by atoms with Crippen LogP contribution in [0.5, 0.6) is 0 Å². The van der Waals surface area contributed by atoms with Crippen molar-refractivity contribution in [2.24, 2.45) is 23.7 Å². The fraction of sp³-hybridized carbons (Fsp3) is 0.500. The van der Waals surface area contributed by atoms with Crippen LogP contribution in [0.3, 0.4) is 0 Å². The van der Waals surface area contributed by atoms with Crippen molar-refractivity contribution in [3.05, 3.63) is 0 Å². The average molecular weight is 462 g/mol. The van der Waals surface area contributed by atoms with Gasteiger partial charge in [-0.25, -0.2) is 0 Å². The molecule has 0 radical (unpaired) electrons. The zero-order chi connectivity index (χ0) is 24.9. The van der Waals surface area contributed by atoms with E-state index >= 15 is 0 Å². The van der Waals surface area contributed by atoms with Gasteiger partial charge in [-0.2, -0.15) is 0 Å². The number of amides is 2. The number of hydrogen-bond acceptors (Lipinski definition) is 8. The summed E-state index contributed by atoms with van der Waals surface area (Å²) in [4.78, 5) is 93.1. The second kappa shape index (κ2) is 10.2. The summed E-state index contributed by atoms with van der Waals surface area (Å²) < 4.78 is 0. The van der Waals surface area contributed by atoms with E-state index in [4.69, 9.17) is 20.4 Å². The average Bonchev–Trinajstić information content (AvgIpc) is 2.57. The molecule has 1 fully saturated rings. The van der Waals surface area contributed by atoms with Crippen molar-refractivity contribution in [1.82, 2.24) is 9.80 Å². The first-order valence-corrected chi connectivity index (χ1v) is 8.59. The van der Waals surface area contributed by atoms with Gasteiger partial charge in [0, 0.05) is 0 Å². The molecule has 0 aromatic carbocycles. The van der Waals surface area contributed by atoms with Gasteiger partial charge < -0.3 is 40.4 Å². The van der Waals surface area contributed by atoms with Crippen LogP contribution in [0.4, 0.5) is 0 Å². The zero-order valence-electron chi connectivity index (χ0n) is 16.0. The summed E-state index contributed by atoms with van der Waals surface area (Å²) in [5.74, 6) is -21.8. The first-order valence-electron chi connectivity index (χ1n) is 8.59. The Bertz CT molecular complexity index is 765. The number of carbonyl (C=O) groups is 8. The zero-order valence-corrected chi connectivity index (χ0v) is 16.0. The number of hydrogen-bond donors (Lipinski definition) is 6. The van der Waals surface area contributed by atoms with E-state index in [2.05, 4.69) is 0 Å². The summed E-state index contributed by atoms with van der Waals surface area (Å²) in [5.41, 5.74) is 0. The van der Waals surface area contributed by atoms with Crippen molar-refractivity contribution in [2.45, 2.75) is 0 Å². The molecule has 4 atom stereocenters. The summed E-state index contributed by atoms with van der Waals surface area (Å²) in [6, 6.07) is 0. The molecule has 16 heteroatoms. The first-order chi connectivity index (χ1) is 14.7. The molecule has 0 aromatic rings. The van der Waals surface area contributed by atoms with Gasteiger partial charge >= 0.3 is 35.8 Å². The lowest BCUT2D eigenvalue weighted by molar-refractivity contribution is -0.188. The fourth-order valence-electron chi connectivity index (χ4n) is 3.48. The topological polar surface area (TPSA) is 264 Å². The van der Waals surface area contributed by atoms with Crippen LogP contribution in [0.2, 0.25) is 0 Å². The molecule has 1 rings (SSSR count). The highest BCUT2D eigenvalue weighted by Crippen LogP contribution is 2.48. The predicted octanol–water partition coefficient (Wildman–Crippen LogP) is -3.37. The summed E-state index contributed by atoms with van der Waals surface area (Å²) in [5, 5.41) is 54.3. The normalized spacial score (nSPS) is 21.5. The largest absolute Gasteiger partial charge is 0.481 e. The Hall–Kier alpha value is -4.24. The third kappa shape index (κ3) is 5.89. The van der Waals surface area contributed by atoms with Gasteiger partial charge in [0.15, 0.2) is 0 Å². The Kier molecular flexibility index (Phi) is 8.21. The molecule has 0 saturated heterocycles. The van der Waals surface area contributed by atoms with Gasteiger partial charge in [0.25, 0.3) is 0 Å². The van der Waals surface area contributed by atoms with E-state index < -0.39 is 97.5 Å². The van der Waals surface area contributed by atoms with Gasteiger partial charge in [0.05, 0.1) is 23.7 Å². The van der Waals surface area contributed by atoms with Crippen molar-refractivity contribution < 1.29 is 69.0 Å². The summed E-state index contributed by atoms with van der Waals surface area (Å²) in [6.45, 7) is -4.89. The molecule has 176 valence electrons. The number of carboxylic acid groups (broad SMARTS) is 6. The van der Waals surface area contributed by atoms with E-state index in [1.54, 1.807) is 0 Å². The minimum Gasteiger partial charge on any atom is -0.481 e. The summed E-state index contributed by atoms with van der Waals surface area (Å²) >= 11 is 0. The fourth-order valence-corrected chi connectivity index (χ4v) is 3.48. The van der Waals surface area contributed by atoms with Gasteiger partial charge in [-0.1, -0.05) is 0 Å². The molecule has 1 saturated carbocycles. The molecule has 1 aliphatic rings. The molecule has 0 aromatic heterocycles. The Morgan fingerprint density at radius 3 is 0.812 bits per heavy atom. The molecule has 16 nitrogen and oxygen atoms in total. The van der Waals surface area contributed by atoms with Gasteiger partial charge in [-0.15, -0.1) is 0 Å². The van der Waals surface area contributed by atoms with Gasteiger partial charge in [0.2, 0.25) is 11.8 Å². The van der Waals surface area contributed by atoms with E-state index in [1.165, 1.54) is 0 Å². The van der Waals surface area contributed by atoms with E-state index in [9.17, 15) is 48.6 Å². The Morgan fingerprint density at radius 1 is 0.438 bits per heavy atom. The van der Waals surface area contributed by atoms with Crippen LogP contribution >= 0.6 is 0 Å². The van der Waals surface area contributed by atoms with E-state index in [-0.39, 0.29) is 9.80 Å². The molecule has 6 N–H and O–H groups in total. The van der Waals surface area contributed by atoms with Crippen LogP contribution < -0.4 is 0 Å². The summed E-state index contributed by atoms with van der Waals surface area (Å²) in [6.07, 6.45) is 0. The maximum absolute atomic E-state index is 12.8. The van der Waals surface area contributed by atoms with Crippen molar-refractivity contribution in [3.63, 3.8) is 0 Å². The number of carbonyl (C=O) groups excluding carboxylic acids is 2. The molecule has 2 amide bonds. The van der Waals surface area contributed by atoms with Crippen LogP contribution in [-0.2, 0) is 38.4 Å². The van der Waals surface area contributed by atoms with Crippen molar-refractivity contribution in [1.29, 1.82) is 0 Å². The standard InChI is InChI=1S/C16H18N2O14/c19-5(20)1-17(2-6(21)22)13(27)9-10(12(16(31)32)11(9)15(29)30)14(28)18(3-7(23)24)4-8(25)26/h9-12H,1-4H2,(H,19,20)(H,21,22)(H,23,24)(H,25,26)(H,29,30)(H,31,32). The third-order valence-corrected chi connectivity index (χ3v) is 4.62. The molecule has 0 spiro atoms. The van der Waals surface area contributed by atoms with Crippen LogP contribution in [0.15, 0.2) is 0 Å². The predicted molar refractivity (Wildman–Crippen MR) is 92.9 cm³/mol. The lowest BCUT2D eigenvalue weighted by Crippen LogP contribution is -2.65. The van der Waals surface area contributed by atoms with Crippen molar-refractivity contribution in [3.8, 4) is 0 Å². The van der Waals surface area contributed by atoms with Crippen molar-refractivity contribution in [2.75, 3.05) is 26.2 Å². The van der Waals surface area contributed by atoms with E-state index in [1.807, 2.05) is 0 Å². The highest BCUT2D eigenvalue weighted by Gasteiger charge is 2.65. The molecule has 0 aliphatic heterocycles. The maximum atomic E-state index is 12.8. The number of aliphatic carboxylic acids is 6. The minimum absolute atomic E-state index is 0.183. The van der Waals surface area contributed by atoms with E-state index in [0.717, 1.165) is 0 Å². The Morgan fingerprint density at radius 2 is 0.656 bits per heavy atom. The molecule has 0 bridgehead atoms. The number of rotatable bonds is 12. The molecular weight excluding hydrogens is 444 g/mol. The molecular formula is C16H18N2O14. The Labute approximate surface area is 177 Å². The highest BCUT2D eigenvalue weighted by atomic mass is 16.4. The van der Waals surface area contributed by atoms with E-state index in [0.29, 0.717) is 0 Å². The molecule has 1 aliphatic carbocycles. The smallest absolute Gasteiger partial charge is 0.323 e. The molecule has 32 heavy (non-hydrogen) atoms. The quantitative estimate of drug-likeness (QED) is 0.165. The number of nitrogens with zero attached hydrogens (tertiary/aromatic N) is 2. The second-order valence-corrected chi connectivity index (χ2v) is 6.74. The van der Waals surface area contributed by atoms with Crippen LogP contribution in [0.25, 0.3) is 0 Å². The first kappa shape index (κ1) is 25.8. The maximum Gasteiger partial charge on any atom is 0.323 e. The van der Waals surface area contributed by atoms with Crippen molar-refractivity contribution >= 4 is 47.6 Å². The highest BCUT2D eigenvalue weighted by molar-refractivity contribution is 6.01. The number of carboxylic acids is 6. The summed E-state index contributed by atoms with van der Waals surface area (Å²) in [7, 11) is 0. The molecule has 0 heterocycles. The van der Waals surface area contributed by atoms with Gasteiger partial charge in [-0.3, -0.25) is 38.4 Å². The second-order valence-electron chi connectivity index (χ2n) is 6.74. The van der Waals surface area contributed by atoms with Gasteiger partial charge in [0.1, 0.15) is 26.2 Å². The van der Waals surface area contributed by atoms with Gasteiger partial charge in [-0.05, 0) is 0 Å². The third-order valence-electron chi connectivity index (χ3n) is 4.62.